The molecule has 1 fully saturated rings. The third kappa shape index (κ3) is 4.56. The van der Waals surface area contributed by atoms with Crippen LogP contribution in [-0.4, -0.2) is 42.6 Å². The maximum atomic E-state index is 11.0. The van der Waals surface area contributed by atoms with Gasteiger partial charge in [-0.1, -0.05) is 6.92 Å². The van der Waals surface area contributed by atoms with Crippen molar-refractivity contribution in [3.63, 3.8) is 0 Å². The summed E-state index contributed by atoms with van der Waals surface area (Å²) in [5.74, 6) is 0.715. The Bertz CT molecular complexity index is 493. The number of non-ortho nitro benzene ring substituents is 1. The van der Waals surface area contributed by atoms with Gasteiger partial charge in [-0.25, -0.2) is 0 Å². The number of ether oxygens (including phenoxy) is 1. The van der Waals surface area contributed by atoms with Crippen LogP contribution in [0.3, 0.4) is 0 Å². The standard InChI is InChI=1S/C15H23N3O3.ClH/c1-3-8-17(14-6-7-16-10-14)11-12-9-13(18(19)20)4-5-15(12)21-2;/h4-5,9,14,16H,3,6-8,10-11H2,1-2H3;1H. The number of nitro groups is 1. The summed E-state index contributed by atoms with van der Waals surface area (Å²) in [7, 11) is 1.60. The van der Waals surface area contributed by atoms with Crippen LogP contribution in [0.1, 0.15) is 25.3 Å². The number of benzene rings is 1. The molecule has 1 atom stereocenters. The van der Waals surface area contributed by atoms with Crippen LogP contribution >= 0.6 is 12.4 Å². The minimum absolute atomic E-state index is 0. The first-order chi connectivity index (χ1) is 10.2. The lowest BCUT2D eigenvalue weighted by Crippen LogP contribution is -2.37. The molecule has 22 heavy (non-hydrogen) atoms. The average molecular weight is 330 g/mol. The average Bonchev–Trinajstić information content (AvgIpc) is 3.00. The minimum Gasteiger partial charge on any atom is -0.496 e. The summed E-state index contributed by atoms with van der Waals surface area (Å²) in [6.07, 6.45) is 2.19. The lowest BCUT2D eigenvalue weighted by molar-refractivity contribution is -0.385. The van der Waals surface area contributed by atoms with Gasteiger partial charge in [-0.2, -0.15) is 0 Å². The molecule has 2 rings (SSSR count). The highest BCUT2D eigenvalue weighted by molar-refractivity contribution is 5.85. The van der Waals surface area contributed by atoms with Crippen molar-refractivity contribution in [2.24, 2.45) is 0 Å². The van der Waals surface area contributed by atoms with Gasteiger partial charge in [0, 0.05) is 36.8 Å². The zero-order valence-electron chi connectivity index (χ0n) is 13.1. The van der Waals surface area contributed by atoms with Crippen molar-refractivity contribution < 1.29 is 9.66 Å². The maximum absolute atomic E-state index is 11.0. The fourth-order valence-corrected chi connectivity index (χ4v) is 2.85. The highest BCUT2D eigenvalue weighted by atomic mass is 35.5. The number of hydrogen-bond donors (Lipinski definition) is 1. The summed E-state index contributed by atoms with van der Waals surface area (Å²) in [4.78, 5) is 13.0. The van der Waals surface area contributed by atoms with Crippen molar-refractivity contribution in [3.8, 4) is 5.75 Å². The third-order valence-electron chi connectivity index (χ3n) is 3.91. The third-order valence-corrected chi connectivity index (χ3v) is 3.91. The monoisotopic (exact) mass is 329 g/mol. The first-order valence-corrected chi connectivity index (χ1v) is 7.41. The molecule has 1 aromatic carbocycles. The van der Waals surface area contributed by atoms with Crippen molar-refractivity contribution >= 4 is 18.1 Å². The van der Waals surface area contributed by atoms with Gasteiger partial charge in [0.05, 0.1) is 12.0 Å². The van der Waals surface area contributed by atoms with E-state index >= 15 is 0 Å². The SMILES string of the molecule is CCCN(Cc1cc([N+](=O)[O-])ccc1OC)C1CCNC1.Cl. The van der Waals surface area contributed by atoms with Gasteiger partial charge in [-0.05, 0) is 32.0 Å². The molecule has 1 unspecified atom stereocenters. The molecule has 1 aliphatic rings. The van der Waals surface area contributed by atoms with Gasteiger partial charge in [-0.15, -0.1) is 12.4 Å². The molecule has 0 bridgehead atoms. The van der Waals surface area contributed by atoms with E-state index in [-0.39, 0.29) is 23.0 Å². The molecule has 1 heterocycles. The Labute approximate surface area is 137 Å². The molecule has 0 aliphatic carbocycles. The van der Waals surface area contributed by atoms with Gasteiger partial charge in [0.15, 0.2) is 0 Å². The molecule has 6 nitrogen and oxygen atoms in total. The number of halogens is 1. The van der Waals surface area contributed by atoms with Gasteiger partial charge in [-0.3, -0.25) is 15.0 Å². The molecule has 0 spiro atoms. The molecule has 1 saturated heterocycles. The smallest absolute Gasteiger partial charge is 0.270 e. The van der Waals surface area contributed by atoms with Crippen LogP contribution in [0, 0.1) is 10.1 Å². The van der Waals surface area contributed by atoms with E-state index in [1.165, 1.54) is 6.07 Å². The molecule has 0 amide bonds. The summed E-state index contributed by atoms with van der Waals surface area (Å²) in [5.41, 5.74) is 0.999. The first-order valence-electron chi connectivity index (χ1n) is 7.41. The van der Waals surface area contributed by atoms with Gasteiger partial charge in [0.1, 0.15) is 5.75 Å². The van der Waals surface area contributed by atoms with E-state index in [9.17, 15) is 10.1 Å². The van der Waals surface area contributed by atoms with Crippen molar-refractivity contribution in [3.05, 3.63) is 33.9 Å². The van der Waals surface area contributed by atoms with Gasteiger partial charge >= 0.3 is 0 Å². The van der Waals surface area contributed by atoms with E-state index in [0.29, 0.717) is 18.3 Å². The van der Waals surface area contributed by atoms with E-state index in [1.54, 1.807) is 19.2 Å². The Kier molecular flexibility index (Phi) is 7.58. The fraction of sp³-hybridized carbons (Fsp3) is 0.600. The second kappa shape index (κ2) is 8.92. The maximum Gasteiger partial charge on any atom is 0.270 e. The van der Waals surface area contributed by atoms with Crippen LogP contribution in [0.2, 0.25) is 0 Å². The lowest BCUT2D eigenvalue weighted by atomic mass is 10.1. The zero-order chi connectivity index (χ0) is 15.2. The summed E-state index contributed by atoms with van der Waals surface area (Å²) in [6, 6.07) is 5.30. The molecule has 124 valence electrons. The van der Waals surface area contributed by atoms with Gasteiger partial charge in [0.2, 0.25) is 0 Å². The summed E-state index contributed by atoms with van der Waals surface area (Å²) >= 11 is 0. The number of nitrogens with one attached hydrogen (secondary N) is 1. The molecule has 1 aliphatic heterocycles. The Morgan fingerprint density at radius 1 is 1.50 bits per heavy atom. The number of rotatable bonds is 7. The van der Waals surface area contributed by atoms with Crippen LogP contribution in [0.5, 0.6) is 5.75 Å². The molecule has 0 radical (unpaired) electrons. The lowest BCUT2D eigenvalue weighted by Gasteiger charge is -2.28. The van der Waals surface area contributed by atoms with Gasteiger partial charge < -0.3 is 10.1 Å². The van der Waals surface area contributed by atoms with Gasteiger partial charge in [0.25, 0.3) is 5.69 Å². The summed E-state index contributed by atoms with van der Waals surface area (Å²) in [6.45, 7) is 5.84. The summed E-state index contributed by atoms with van der Waals surface area (Å²) in [5, 5.41) is 14.3. The second-order valence-electron chi connectivity index (χ2n) is 5.37. The predicted molar refractivity (Wildman–Crippen MR) is 88.9 cm³/mol. The minimum atomic E-state index is -0.357. The Morgan fingerprint density at radius 2 is 2.27 bits per heavy atom. The van der Waals surface area contributed by atoms with Crippen LogP contribution in [0.25, 0.3) is 0 Å². The summed E-state index contributed by atoms with van der Waals surface area (Å²) < 4.78 is 5.36. The van der Waals surface area contributed by atoms with Crippen molar-refractivity contribution in [1.29, 1.82) is 0 Å². The van der Waals surface area contributed by atoms with Crippen molar-refractivity contribution in [2.45, 2.75) is 32.4 Å². The first kappa shape index (κ1) is 18.7. The number of methoxy groups -OCH3 is 1. The number of nitro benzene ring substituents is 1. The number of hydrogen-bond acceptors (Lipinski definition) is 5. The van der Waals surface area contributed by atoms with E-state index in [0.717, 1.165) is 38.0 Å². The molecule has 0 aromatic heterocycles. The quantitative estimate of drug-likeness (QED) is 0.615. The van der Waals surface area contributed by atoms with E-state index in [1.807, 2.05) is 0 Å². The Hall–Kier alpha value is -1.37. The normalized spacial score (nSPS) is 17.3. The molecular weight excluding hydrogens is 306 g/mol. The topological polar surface area (TPSA) is 67.6 Å². The molecule has 1 N–H and O–H groups in total. The zero-order valence-corrected chi connectivity index (χ0v) is 13.9. The van der Waals surface area contributed by atoms with E-state index < -0.39 is 0 Å². The molecule has 7 heteroatoms. The predicted octanol–water partition coefficient (Wildman–Crippen LogP) is 2.60. The van der Waals surface area contributed by atoms with Crippen molar-refractivity contribution in [2.75, 3.05) is 26.7 Å². The second-order valence-corrected chi connectivity index (χ2v) is 5.37. The van der Waals surface area contributed by atoms with Crippen LogP contribution in [0.15, 0.2) is 18.2 Å². The van der Waals surface area contributed by atoms with E-state index in [4.69, 9.17) is 4.74 Å². The molecule has 0 saturated carbocycles. The Morgan fingerprint density at radius 3 is 2.82 bits per heavy atom. The highest BCUT2D eigenvalue weighted by Crippen LogP contribution is 2.26. The highest BCUT2D eigenvalue weighted by Gasteiger charge is 2.23. The van der Waals surface area contributed by atoms with E-state index in [2.05, 4.69) is 17.1 Å². The van der Waals surface area contributed by atoms with Crippen molar-refractivity contribution in [1.82, 2.24) is 10.2 Å². The van der Waals surface area contributed by atoms with Crippen LogP contribution in [0.4, 0.5) is 5.69 Å². The fourth-order valence-electron chi connectivity index (χ4n) is 2.85. The largest absolute Gasteiger partial charge is 0.496 e. The van der Waals surface area contributed by atoms with Crippen LogP contribution in [-0.2, 0) is 6.54 Å². The number of nitrogens with zero attached hydrogens (tertiary/aromatic N) is 2. The molecular formula is C15H24ClN3O3. The Balaban J connectivity index is 0.00000242. The molecule has 1 aromatic rings. The van der Waals surface area contributed by atoms with Crippen LogP contribution < -0.4 is 10.1 Å².